The number of anilines is 1. The predicted molar refractivity (Wildman–Crippen MR) is 148 cm³/mol. The Kier molecular flexibility index (Phi) is 5.56. The second-order valence-corrected chi connectivity index (χ2v) is 12.7. The molecule has 210 valence electrons. The average molecular weight is 578 g/mol. The van der Waals surface area contributed by atoms with Crippen molar-refractivity contribution in [3.05, 3.63) is 46.2 Å². The van der Waals surface area contributed by atoms with Gasteiger partial charge in [0.1, 0.15) is 35.2 Å². The summed E-state index contributed by atoms with van der Waals surface area (Å²) in [5.41, 5.74) is 8.74. The van der Waals surface area contributed by atoms with E-state index < -0.39 is 17.8 Å². The van der Waals surface area contributed by atoms with E-state index in [0.29, 0.717) is 29.5 Å². The molecule has 7 nitrogen and oxygen atoms in total. The maximum absolute atomic E-state index is 16.9. The van der Waals surface area contributed by atoms with Crippen molar-refractivity contribution in [3.63, 3.8) is 0 Å². The number of benzene rings is 2. The number of alkyl halides is 1. The van der Waals surface area contributed by atoms with Gasteiger partial charge in [-0.25, -0.2) is 13.2 Å². The number of halogens is 3. The van der Waals surface area contributed by atoms with Gasteiger partial charge in [-0.15, -0.1) is 11.3 Å². The first-order chi connectivity index (χ1) is 19.9. The van der Waals surface area contributed by atoms with Crippen LogP contribution in [0.15, 0.2) is 12.1 Å². The predicted octanol–water partition coefficient (Wildman–Crippen LogP) is 6.11. The van der Waals surface area contributed by atoms with Gasteiger partial charge in [-0.05, 0) is 55.0 Å². The van der Waals surface area contributed by atoms with Gasteiger partial charge in [-0.2, -0.15) is 15.2 Å². The summed E-state index contributed by atoms with van der Waals surface area (Å²) in [5, 5.41) is 11.0. The molecule has 2 N–H and O–H groups in total. The van der Waals surface area contributed by atoms with Crippen LogP contribution in [-0.4, -0.2) is 46.3 Å². The highest BCUT2D eigenvalue weighted by Crippen LogP contribution is 2.50. The molecule has 0 amide bonds. The van der Waals surface area contributed by atoms with Gasteiger partial charge < -0.3 is 15.2 Å². The number of ether oxygens (including phenoxy) is 2. The molecule has 3 aliphatic heterocycles. The van der Waals surface area contributed by atoms with E-state index in [1.807, 2.05) is 0 Å². The maximum atomic E-state index is 16.9. The van der Waals surface area contributed by atoms with Gasteiger partial charge in [0, 0.05) is 35.2 Å². The van der Waals surface area contributed by atoms with Crippen LogP contribution < -0.4 is 10.5 Å². The summed E-state index contributed by atoms with van der Waals surface area (Å²) in [6.45, 7) is 1.92. The molecule has 4 aliphatic rings. The molecule has 0 radical (unpaired) electrons. The van der Waals surface area contributed by atoms with Crippen LogP contribution >= 0.6 is 11.3 Å². The third kappa shape index (κ3) is 3.70. The molecule has 41 heavy (non-hydrogen) atoms. The molecule has 1 aliphatic carbocycles. The zero-order valence-corrected chi connectivity index (χ0v) is 22.9. The number of aromatic nitrogens is 2. The third-order valence-electron chi connectivity index (χ3n) is 9.20. The lowest BCUT2D eigenvalue weighted by Gasteiger charge is -2.30. The number of hydrogen-bond donors (Lipinski definition) is 1. The number of nitrogens with zero attached hydrogens (tertiary/aromatic N) is 4. The van der Waals surface area contributed by atoms with Crippen molar-refractivity contribution in [2.24, 2.45) is 0 Å². The molecule has 11 heteroatoms. The lowest BCUT2D eigenvalue weighted by molar-refractivity contribution is 0.107. The lowest BCUT2D eigenvalue weighted by Crippen LogP contribution is -2.43. The minimum atomic E-state index is -0.891. The van der Waals surface area contributed by atoms with Crippen molar-refractivity contribution in [1.82, 2.24) is 14.9 Å². The van der Waals surface area contributed by atoms with Crippen LogP contribution in [0.3, 0.4) is 0 Å². The highest BCUT2D eigenvalue weighted by molar-refractivity contribution is 7.23. The van der Waals surface area contributed by atoms with Gasteiger partial charge in [-0.3, -0.25) is 4.90 Å². The second kappa shape index (κ2) is 9.02. The maximum Gasteiger partial charge on any atom is 0.317 e. The Morgan fingerprint density at radius 2 is 2.02 bits per heavy atom. The number of rotatable bonds is 5. The van der Waals surface area contributed by atoms with Crippen LogP contribution in [0.4, 0.5) is 18.2 Å². The molecule has 0 spiro atoms. The van der Waals surface area contributed by atoms with E-state index in [1.54, 1.807) is 0 Å². The van der Waals surface area contributed by atoms with E-state index in [4.69, 9.17) is 20.2 Å². The SMILES string of the molecule is N#Cc1c(N)sc2c(F)ccc(-c3c4c(c5c(C6CC6)nc(OC[C@@]67CCCN6C[C@H](F)C7)nc5c3F)COC4)c12. The Morgan fingerprint density at radius 3 is 2.83 bits per heavy atom. The molecular weight excluding hydrogens is 551 g/mol. The fraction of sp³-hybridized carbons (Fsp3) is 0.433. The number of fused-ring (bicyclic) bond motifs is 5. The fourth-order valence-corrected chi connectivity index (χ4v) is 8.14. The summed E-state index contributed by atoms with van der Waals surface area (Å²) in [6.07, 6.45) is 3.21. The summed E-state index contributed by atoms with van der Waals surface area (Å²) >= 11 is 0.975. The van der Waals surface area contributed by atoms with E-state index >= 15 is 4.39 Å². The van der Waals surface area contributed by atoms with E-state index in [1.165, 1.54) is 12.1 Å². The van der Waals surface area contributed by atoms with Crippen molar-refractivity contribution in [2.75, 3.05) is 25.4 Å². The van der Waals surface area contributed by atoms with Gasteiger partial charge >= 0.3 is 6.01 Å². The van der Waals surface area contributed by atoms with Crippen LogP contribution in [0.2, 0.25) is 0 Å². The zero-order chi connectivity index (χ0) is 28.0. The van der Waals surface area contributed by atoms with Crippen LogP contribution in [0, 0.1) is 23.0 Å². The second-order valence-electron chi connectivity index (χ2n) is 11.6. The summed E-state index contributed by atoms with van der Waals surface area (Å²) < 4.78 is 58.3. The van der Waals surface area contributed by atoms with Crippen molar-refractivity contribution in [3.8, 4) is 23.2 Å². The first-order valence-corrected chi connectivity index (χ1v) is 14.8. The highest BCUT2D eigenvalue weighted by Gasteiger charge is 2.49. The lowest BCUT2D eigenvalue weighted by atomic mass is 9.89. The molecular formula is C30H26F3N5O2S. The molecule has 4 aromatic rings. The van der Waals surface area contributed by atoms with Crippen LogP contribution in [0.1, 0.15) is 60.4 Å². The number of thiophene rings is 1. The van der Waals surface area contributed by atoms with Crippen molar-refractivity contribution >= 4 is 37.3 Å². The first kappa shape index (κ1) is 25.3. The number of nitriles is 1. The molecule has 2 aromatic heterocycles. The summed E-state index contributed by atoms with van der Waals surface area (Å²) in [5.74, 6) is -0.946. The zero-order valence-electron chi connectivity index (χ0n) is 22.1. The van der Waals surface area contributed by atoms with Gasteiger partial charge in [0.25, 0.3) is 0 Å². The molecule has 0 bridgehead atoms. The molecule has 8 rings (SSSR count). The normalized spacial score (nSPS) is 23.8. The molecule has 0 unspecified atom stereocenters. The van der Waals surface area contributed by atoms with Gasteiger partial charge in [0.2, 0.25) is 0 Å². The largest absolute Gasteiger partial charge is 0.461 e. The van der Waals surface area contributed by atoms with Gasteiger partial charge in [0.15, 0.2) is 5.82 Å². The molecule has 1 saturated carbocycles. The third-order valence-corrected chi connectivity index (χ3v) is 10.2. The minimum absolute atomic E-state index is 0.0772. The molecule has 2 aromatic carbocycles. The number of hydrogen-bond acceptors (Lipinski definition) is 8. The van der Waals surface area contributed by atoms with Gasteiger partial charge in [0.05, 0.1) is 34.7 Å². The van der Waals surface area contributed by atoms with Crippen LogP contribution in [0.5, 0.6) is 6.01 Å². The van der Waals surface area contributed by atoms with Crippen LogP contribution in [-0.2, 0) is 18.0 Å². The van der Waals surface area contributed by atoms with Gasteiger partial charge in [-0.1, -0.05) is 6.07 Å². The first-order valence-electron chi connectivity index (χ1n) is 13.9. The Labute approximate surface area is 237 Å². The summed E-state index contributed by atoms with van der Waals surface area (Å²) in [6, 6.07) is 4.92. The average Bonchev–Trinajstić information content (AvgIpc) is 3.23. The fourth-order valence-electron chi connectivity index (χ4n) is 7.19. The quantitative estimate of drug-likeness (QED) is 0.306. The molecule has 2 atom stereocenters. The minimum Gasteiger partial charge on any atom is -0.461 e. The number of nitrogen functional groups attached to an aromatic ring is 1. The Bertz CT molecular complexity index is 1820. The van der Waals surface area contributed by atoms with E-state index in [9.17, 15) is 14.0 Å². The highest BCUT2D eigenvalue weighted by atomic mass is 32.1. The summed E-state index contributed by atoms with van der Waals surface area (Å²) in [7, 11) is 0. The van der Waals surface area contributed by atoms with Crippen molar-refractivity contribution in [1.29, 1.82) is 5.26 Å². The molecule has 2 saturated heterocycles. The molecule has 5 heterocycles. The Balaban J connectivity index is 1.32. The van der Waals surface area contributed by atoms with E-state index in [-0.39, 0.29) is 69.0 Å². The standard InChI is InChI=1S/C30H26F3N5O2S/c31-15-8-30(6-1-7-38(30)10-15)13-40-29-36-25(14-2-3-14)23-19-12-39-11-18(19)21(24(33)26(23)37-29)16-4-5-20(32)27-22(16)17(9-34)28(35)41-27/h4-5,14-15H,1-3,6-8,10-13,35H2/t15-,30+/m1/s1. The van der Waals surface area contributed by atoms with E-state index in [0.717, 1.165) is 54.8 Å². The topological polar surface area (TPSA) is 97.3 Å². The van der Waals surface area contributed by atoms with Crippen molar-refractivity contribution < 1.29 is 22.6 Å². The van der Waals surface area contributed by atoms with E-state index in [2.05, 4.69) is 16.0 Å². The number of nitrogens with two attached hydrogens (primary N) is 1. The summed E-state index contributed by atoms with van der Waals surface area (Å²) in [4.78, 5) is 11.6. The molecule has 3 fully saturated rings. The van der Waals surface area contributed by atoms with Crippen molar-refractivity contribution in [2.45, 2.75) is 62.9 Å². The smallest absolute Gasteiger partial charge is 0.317 e. The monoisotopic (exact) mass is 577 g/mol. The van der Waals surface area contributed by atoms with Crippen LogP contribution in [0.25, 0.3) is 32.1 Å². The Hall–Kier alpha value is -3.46. The Morgan fingerprint density at radius 1 is 1.20 bits per heavy atom.